The van der Waals surface area contributed by atoms with Gasteiger partial charge in [-0.3, -0.25) is 10.1 Å². The first-order valence-corrected chi connectivity index (χ1v) is 4.39. The Bertz CT molecular complexity index is 386. The van der Waals surface area contributed by atoms with Gasteiger partial charge in [0.25, 0.3) is 12.1 Å². The maximum atomic E-state index is 12.3. The van der Waals surface area contributed by atoms with Gasteiger partial charge in [-0.1, -0.05) is 0 Å². The second-order valence-corrected chi connectivity index (χ2v) is 3.35. The molecule has 0 saturated heterocycles. The molecule has 1 heterocycles. The molecular weight excluding hydrogens is 311 g/mol. The summed E-state index contributed by atoms with van der Waals surface area (Å²) >= 11 is 1.63. The van der Waals surface area contributed by atoms with Gasteiger partial charge in [-0.25, -0.2) is 13.8 Å². The number of rotatable bonds is 2. The number of nitrogen functional groups attached to an aromatic ring is 1. The van der Waals surface area contributed by atoms with Crippen LogP contribution < -0.4 is 5.73 Å². The molecule has 14 heavy (non-hydrogen) atoms. The van der Waals surface area contributed by atoms with Crippen LogP contribution in [0.5, 0.6) is 0 Å². The van der Waals surface area contributed by atoms with Crippen molar-refractivity contribution in [2.75, 3.05) is 5.73 Å². The fraction of sp³-hybridized carbons (Fsp3) is 0.167. The molecule has 0 aliphatic rings. The summed E-state index contributed by atoms with van der Waals surface area (Å²) in [5.41, 5.74) is 3.72. The molecule has 5 nitrogen and oxygen atoms in total. The predicted molar refractivity (Wildman–Crippen MR) is 53.0 cm³/mol. The number of pyridine rings is 1. The third-order valence-electron chi connectivity index (χ3n) is 1.41. The Morgan fingerprint density at radius 2 is 2.21 bits per heavy atom. The number of aromatic nitrogens is 1. The molecular formula is C6H4F2IN3O2. The average Bonchev–Trinajstić information content (AvgIpc) is 2.08. The zero-order valence-electron chi connectivity index (χ0n) is 6.58. The third-order valence-corrected chi connectivity index (χ3v) is 2.28. The first kappa shape index (κ1) is 11.0. The van der Waals surface area contributed by atoms with Crippen molar-refractivity contribution in [1.29, 1.82) is 0 Å². The van der Waals surface area contributed by atoms with Gasteiger partial charge in [-0.05, 0) is 22.6 Å². The van der Waals surface area contributed by atoms with E-state index in [4.69, 9.17) is 5.73 Å². The van der Waals surface area contributed by atoms with Crippen molar-refractivity contribution >= 4 is 34.0 Å². The first-order chi connectivity index (χ1) is 6.43. The van der Waals surface area contributed by atoms with Gasteiger partial charge in [0, 0.05) is 6.07 Å². The van der Waals surface area contributed by atoms with Crippen molar-refractivity contribution in [1.82, 2.24) is 4.98 Å². The minimum absolute atomic E-state index is 0.0155. The molecule has 0 unspecified atom stereocenters. The molecule has 0 radical (unpaired) electrons. The summed E-state index contributed by atoms with van der Waals surface area (Å²) in [4.78, 5) is 12.8. The van der Waals surface area contributed by atoms with Gasteiger partial charge < -0.3 is 5.73 Å². The molecule has 1 aromatic rings. The number of nitrogens with zero attached hydrogens (tertiary/aromatic N) is 2. The molecule has 0 fully saturated rings. The summed E-state index contributed by atoms with van der Waals surface area (Å²) < 4.78 is 24.7. The van der Waals surface area contributed by atoms with E-state index in [1.807, 2.05) is 0 Å². The summed E-state index contributed by atoms with van der Waals surface area (Å²) in [6.07, 6.45) is -2.98. The quantitative estimate of drug-likeness (QED) is 0.392. The van der Waals surface area contributed by atoms with Gasteiger partial charge in [0.15, 0.2) is 5.69 Å². The van der Waals surface area contributed by atoms with Crippen LogP contribution in [0.4, 0.5) is 20.2 Å². The number of anilines is 1. The van der Waals surface area contributed by atoms with E-state index in [-0.39, 0.29) is 9.39 Å². The van der Waals surface area contributed by atoms with Crippen LogP contribution in [0.1, 0.15) is 12.1 Å². The van der Waals surface area contributed by atoms with Crippen molar-refractivity contribution in [3.05, 3.63) is 25.6 Å². The summed E-state index contributed by atoms with van der Waals surface area (Å²) in [7, 11) is 0. The lowest BCUT2D eigenvalue weighted by Gasteiger charge is -2.03. The fourth-order valence-corrected chi connectivity index (χ4v) is 1.23. The van der Waals surface area contributed by atoms with E-state index in [1.165, 1.54) is 0 Å². The Labute approximate surface area is 90.6 Å². The molecule has 0 aromatic carbocycles. The lowest BCUT2D eigenvalue weighted by atomic mass is 10.3. The van der Waals surface area contributed by atoms with E-state index in [0.29, 0.717) is 0 Å². The number of halogens is 3. The van der Waals surface area contributed by atoms with Crippen molar-refractivity contribution < 1.29 is 13.7 Å². The van der Waals surface area contributed by atoms with Gasteiger partial charge in [0.05, 0.1) is 10.6 Å². The molecule has 0 spiro atoms. The Hall–Kier alpha value is -1.06. The second kappa shape index (κ2) is 3.98. The zero-order valence-corrected chi connectivity index (χ0v) is 8.73. The standard InChI is InChI=1S/C6H4F2IN3O2/c7-5(8)4-3(12(13)14)1-2(10)6(9)11-4/h1,5H,10H2. The molecule has 1 aromatic heterocycles. The van der Waals surface area contributed by atoms with E-state index >= 15 is 0 Å². The van der Waals surface area contributed by atoms with Gasteiger partial charge >= 0.3 is 0 Å². The highest BCUT2D eigenvalue weighted by molar-refractivity contribution is 14.1. The van der Waals surface area contributed by atoms with Crippen LogP contribution in [0.15, 0.2) is 6.07 Å². The predicted octanol–water partition coefficient (Wildman–Crippen LogP) is 2.11. The van der Waals surface area contributed by atoms with E-state index in [1.54, 1.807) is 22.6 Å². The van der Waals surface area contributed by atoms with Crippen LogP contribution in [0, 0.1) is 13.8 Å². The van der Waals surface area contributed by atoms with Gasteiger partial charge in [-0.15, -0.1) is 0 Å². The molecule has 76 valence electrons. The van der Waals surface area contributed by atoms with Crippen LogP contribution in [0.3, 0.4) is 0 Å². The largest absolute Gasteiger partial charge is 0.396 e. The highest BCUT2D eigenvalue weighted by atomic mass is 127. The molecule has 0 aliphatic carbocycles. The number of nitrogens with two attached hydrogens (primary N) is 1. The summed E-state index contributed by atoms with van der Waals surface area (Å²) in [5, 5.41) is 10.4. The average molecular weight is 315 g/mol. The van der Waals surface area contributed by atoms with Crippen molar-refractivity contribution in [2.45, 2.75) is 6.43 Å². The SMILES string of the molecule is Nc1cc([N+](=O)[O-])c(C(F)F)nc1I. The van der Waals surface area contributed by atoms with Gasteiger partial charge in [0.2, 0.25) is 0 Å². The van der Waals surface area contributed by atoms with Crippen LogP contribution in [0.2, 0.25) is 0 Å². The number of nitro groups is 1. The topological polar surface area (TPSA) is 82.0 Å². The third kappa shape index (κ3) is 2.05. The normalized spacial score (nSPS) is 10.6. The molecule has 0 bridgehead atoms. The number of hydrogen-bond acceptors (Lipinski definition) is 4. The molecule has 2 N–H and O–H groups in total. The minimum atomic E-state index is -2.98. The Balaban J connectivity index is 3.39. The molecule has 0 saturated carbocycles. The van der Waals surface area contributed by atoms with Gasteiger partial charge in [-0.2, -0.15) is 0 Å². The van der Waals surface area contributed by atoms with E-state index in [2.05, 4.69) is 4.98 Å². The minimum Gasteiger partial charge on any atom is -0.396 e. The molecule has 0 amide bonds. The maximum absolute atomic E-state index is 12.3. The molecule has 8 heteroatoms. The molecule has 0 atom stereocenters. The lowest BCUT2D eigenvalue weighted by molar-refractivity contribution is -0.386. The summed E-state index contributed by atoms with van der Waals surface area (Å²) in [6, 6.07) is 0.885. The van der Waals surface area contributed by atoms with Crippen molar-refractivity contribution in [2.24, 2.45) is 0 Å². The Morgan fingerprint density at radius 3 is 2.64 bits per heavy atom. The summed E-state index contributed by atoms with van der Waals surface area (Å²) in [6.45, 7) is 0. The van der Waals surface area contributed by atoms with Crippen LogP contribution in [-0.2, 0) is 0 Å². The lowest BCUT2D eigenvalue weighted by Crippen LogP contribution is -2.03. The number of hydrogen-bond donors (Lipinski definition) is 1. The Morgan fingerprint density at radius 1 is 1.64 bits per heavy atom. The smallest absolute Gasteiger partial charge is 0.298 e. The number of alkyl halides is 2. The van der Waals surface area contributed by atoms with Crippen LogP contribution in [0.25, 0.3) is 0 Å². The summed E-state index contributed by atoms with van der Waals surface area (Å²) in [5.74, 6) is 0. The van der Waals surface area contributed by atoms with Crippen LogP contribution in [-0.4, -0.2) is 9.91 Å². The van der Waals surface area contributed by atoms with E-state index in [9.17, 15) is 18.9 Å². The molecule has 1 rings (SSSR count). The van der Waals surface area contributed by atoms with E-state index in [0.717, 1.165) is 6.07 Å². The highest BCUT2D eigenvalue weighted by Crippen LogP contribution is 2.30. The van der Waals surface area contributed by atoms with E-state index < -0.39 is 22.7 Å². The zero-order chi connectivity index (χ0) is 10.9. The monoisotopic (exact) mass is 315 g/mol. The second-order valence-electron chi connectivity index (χ2n) is 2.33. The molecule has 0 aliphatic heterocycles. The maximum Gasteiger partial charge on any atom is 0.298 e. The van der Waals surface area contributed by atoms with Crippen molar-refractivity contribution in [3.8, 4) is 0 Å². The highest BCUT2D eigenvalue weighted by Gasteiger charge is 2.25. The fourth-order valence-electron chi connectivity index (χ4n) is 0.815. The van der Waals surface area contributed by atoms with Gasteiger partial charge in [0.1, 0.15) is 3.70 Å². The first-order valence-electron chi connectivity index (χ1n) is 3.32. The Kier molecular flexibility index (Phi) is 3.13. The van der Waals surface area contributed by atoms with Crippen molar-refractivity contribution in [3.63, 3.8) is 0 Å². The van der Waals surface area contributed by atoms with Crippen LogP contribution >= 0.6 is 22.6 Å².